The van der Waals surface area contributed by atoms with Crippen LogP contribution in [0.25, 0.3) is 43.4 Å². The largest absolute Gasteiger partial charge is 4.00 e. The molecule has 0 radical (unpaired) electrons. The van der Waals surface area contributed by atoms with Crippen molar-refractivity contribution in [1.82, 2.24) is 0 Å². The average Bonchev–Trinajstić information content (AvgIpc) is 3.07. The first-order valence-corrected chi connectivity index (χ1v) is 7.30. The van der Waals surface area contributed by atoms with Crippen LogP contribution in [0.15, 0.2) is 78.9 Å². The number of hydrogen-bond acceptors (Lipinski definition) is 0. The second-order valence-electron chi connectivity index (χ2n) is 5.64. The molecular formula is C24H22Pt. The van der Waals surface area contributed by atoms with Gasteiger partial charge >= 0.3 is 21.1 Å². The van der Waals surface area contributed by atoms with Crippen LogP contribution in [0.3, 0.4) is 0 Å². The zero-order chi connectivity index (χ0) is 13.8. The summed E-state index contributed by atoms with van der Waals surface area (Å²) < 4.78 is 0. The Balaban J connectivity index is 0.000000781. The number of hydrogen-bond donors (Lipinski definition) is 0. The van der Waals surface area contributed by atoms with Gasteiger partial charge in [0.15, 0.2) is 0 Å². The van der Waals surface area contributed by atoms with Gasteiger partial charge in [0.1, 0.15) is 0 Å². The van der Waals surface area contributed by atoms with E-state index in [1.165, 1.54) is 43.4 Å². The summed E-state index contributed by atoms with van der Waals surface area (Å²) in [5.41, 5.74) is 2.62. The fourth-order valence-electron chi connectivity index (χ4n) is 3.54. The Morgan fingerprint density at radius 1 is 0.520 bits per heavy atom. The maximum atomic E-state index is 2.27. The molecule has 5 rings (SSSR count). The molecule has 0 N–H and O–H groups in total. The van der Waals surface area contributed by atoms with Gasteiger partial charge in [-0.05, 0) is 26.9 Å². The first-order valence-electron chi connectivity index (χ1n) is 7.30. The molecule has 0 bridgehead atoms. The molecule has 0 saturated heterocycles. The van der Waals surface area contributed by atoms with Crippen molar-refractivity contribution in [3.63, 3.8) is 0 Å². The molecule has 0 unspecified atom stereocenters. The molecule has 0 saturated carbocycles. The minimum atomic E-state index is 0. The van der Waals surface area contributed by atoms with Gasteiger partial charge in [0.05, 0.1) is 0 Å². The molecule has 0 atom stereocenters. The molecule has 25 heavy (non-hydrogen) atoms. The molecule has 0 fully saturated rings. The Bertz CT molecular complexity index is 1060. The standard InChI is InChI=1S/C21H13.3CH3.Pt/c1-2-5-14(4-1)18-12-10-17-9-8-15-6-3-7-16-11-13-19(18)21(17)20(15)16;;;;/h1-13H;3*1H3;/q4*-1;+4. The van der Waals surface area contributed by atoms with Crippen molar-refractivity contribution in [3.8, 4) is 11.1 Å². The van der Waals surface area contributed by atoms with Gasteiger partial charge in [0, 0.05) is 0 Å². The predicted molar refractivity (Wildman–Crippen MR) is 110 cm³/mol. The van der Waals surface area contributed by atoms with Crippen molar-refractivity contribution in [2.45, 2.75) is 0 Å². The van der Waals surface area contributed by atoms with E-state index in [9.17, 15) is 0 Å². The third-order valence-electron chi connectivity index (χ3n) is 4.50. The van der Waals surface area contributed by atoms with Gasteiger partial charge in [-0.3, -0.25) is 0 Å². The Morgan fingerprint density at radius 2 is 1.04 bits per heavy atom. The summed E-state index contributed by atoms with van der Waals surface area (Å²) in [6, 6.07) is 28.6. The molecule has 0 aromatic heterocycles. The molecule has 5 aromatic carbocycles. The first kappa shape index (κ1) is 21.0. The maximum Gasteiger partial charge on any atom is 4.00 e. The second kappa shape index (κ2) is 7.89. The van der Waals surface area contributed by atoms with Crippen LogP contribution in [0.5, 0.6) is 0 Å². The van der Waals surface area contributed by atoms with Gasteiger partial charge in [-0.15, -0.1) is 23.8 Å². The van der Waals surface area contributed by atoms with Crippen LogP contribution in [0, 0.1) is 22.3 Å². The van der Waals surface area contributed by atoms with Crippen LogP contribution >= 0.6 is 0 Å². The van der Waals surface area contributed by atoms with Crippen LogP contribution in [-0.4, -0.2) is 0 Å². The normalized spacial score (nSPS) is 9.92. The molecule has 128 valence electrons. The van der Waals surface area contributed by atoms with Crippen molar-refractivity contribution in [3.05, 3.63) is 101 Å². The molecular weight excluding hydrogens is 483 g/mol. The summed E-state index contributed by atoms with van der Waals surface area (Å²) in [4.78, 5) is 0. The van der Waals surface area contributed by atoms with Gasteiger partial charge < -0.3 is 22.3 Å². The first-order chi connectivity index (χ1) is 10.4. The molecule has 0 spiro atoms. The van der Waals surface area contributed by atoms with E-state index in [2.05, 4.69) is 78.9 Å². The number of rotatable bonds is 1. The fraction of sp³-hybridized carbons (Fsp3) is 0. The quantitative estimate of drug-likeness (QED) is 0.165. The summed E-state index contributed by atoms with van der Waals surface area (Å²) in [7, 11) is 0. The fourth-order valence-corrected chi connectivity index (χ4v) is 3.54. The van der Waals surface area contributed by atoms with Gasteiger partial charge in [-0.25, -0.2) is 0 Å². The molecule has 0 amide bonds. The van der Waals surface area contributed by atoms with Gasteiger partial charge in [-0.1, -0.05) is 59.5 Å². The van der Waals surface area contributed by atoms with Crippen molar-refractivity contribution in [1.29, 1.82) is 0 Å². The van der Waals surface area contributed by atoms with Crippen LogP contribution < -0.4 is 0 Å². The van der Waals surface area contributed by atoms with E-state index in [0.717, 1.165) is 0 Å². The third kappa shape index (κ3) is 3.00. The van der Waals surface area contributed by atoms with E-state index in [-0.39, 0.29) is 43.3 Å². The Morgan fingerprint density at radius 3 is 1.68 bits per heavy atom. The van der Waals surface area contributed by atoms with Crippen LogP contribution in [0.2, 0.25) is 0 Å². The summed E-state index contributed by atoms with van der Waals surface area (Å²) in [6.07, 6.45) is 0. The molecule has 0 aliphatic rings. The zero-order valence-corrected chi connectivity index (χ0v) is 17.1. The van der Waals surface area contributed by atoms with Crippen LogP contribution in [-0.2, 0) is 21.1 Å². The monoisotopic (exact) mass is 505 g/mol. The van der Waals surface area contributed by atoms with E-state index in [1.54, 1.807) is 0 Å². The summed E-state index contributed by atoms with van der Waals surface area (Å²) in [6.45, 7) is 0. The smallest absolute Gasteiger partial charge is 0.358 e. The summed E-state index contributed by atoms with van der Waals surface area (Å²) in [5, 5.41) is 8.10. The Kier molecular flexibility index (Phi) is 6.63. The second-order valence-corrected chi connectivity index (χ2v) is 5.64. The van der Waals surface area contributed by atoms with Gasteiger partial charge in [0.25, 0.3) is 0 Å². The van der Waals surface area contributed by atoms with Crippen molar-refractivity contribution >= 4 is 32.3 Å². The minimum Gasteiger partial charge on any atom is -0.358 e. The summed E-state index contributed by atoms with van der Waals surface area (Å²) >= 11 is 0. The van der Waals surface area contributed by atoms with E-state index >= 15 is 0 Å². The zero-order valence-electron chi connectivity index (χ0n) is 14.8. The van der Waals surface area contributed by atoms with Gasteiger partial charge in [0.2, 0.25) is 0 Å². The maximum absolute atomic E-state index is 2.27. The summed E-state index contributed by atoms with van der Waals surface area (Å²) in [5.74, 6) is 0. The van der Waals surface area contributed by atoms with E-state index in [1.807, 2.05) is 0 Å². The Labute approximate surface area is 165 Å². The topological polar surface area (TPSA) is 0 Å². The predicted octanol–water partition coefficient (Wildman–Crippen LogP) is 7.32. The van der Waals surface area contributed by atoms with E-state index in [4.69, 9.17) is 0 Å². The van der Waals surface area contributed by atoms with Gasteiger partial charge in [-0.2, -0.15) is 12.1 Å². The SMILES string of the molecule is [CH3-].[CH3-].[CH3-].[Pt+4].c1cc2ccc3ccc(-[c-]4cccc4)c4ccc(c1)c2c34. The molecule has 0 aliphatic carbocycles. The van der Waals surface area contributed by atoms with E-state index in [0.29, 0.717) is 0 Å². The number of benzene rings is 4. The molecule has 5 aromatic rings. The van der Waals surface area contributed by atoms with Crippen LogP contribution in [0.4, 0.5) is 0 Å². The van der Waals surface area contributed by atoms with E-state index < -0.39 is 0 Å². The Hall–Kier alpha value is -2.04. The van der Waals surface area contributed by atoms with Crippen molar-refractivity contribution in [2.75, 3.05) is 0 Å². The van der Waals surface area contributed by atoms with Crippen molar-refractivity contribution < 1.29 is 21.1 Å². The minimum absolute atomic E-state index is 0. The molecule has 0 heterocycles. The molecule has 0 aliphatic heterocycles. The van der Waals surface area contributed by atoms with Crippen molar-refractivity contribution in [2.24, 2.45) is 0 Å². The van der Waals surface area contributed by atoms with Crippen LogP contribution in [0.1, 0.15) is 0 Å². The molecule has 0 nitrogen and oxygen atoms in total. The molecule has 1 heteroatoms. The average molecular weight is 506 g/mol. The third-order valence-corrected chi connectivity index (χ3v) is 4.50.